The monoisotopic (exact) mass is 195 g/mol. The fourth-order valence-electron chi connectivity index (χ4n) is 0. The van der Waals surface area contributed by atoms with Crippen molar-refractivity contribution in [1.82, 2.24) is 0 Å². The molecule has 0 aliphatic heterocycles. The van der Waals surface area contributed by atoms with E-state index in [1.165, 1.54) is 0 Å². The van der Waals surface area contributed by atoms with Crippen LogP contribution in [0.2, 0.25) is 0 Å². The summed E-state index contributed by atoms with van der Waals surface area (Å²) in [5, 5.41) is 15.1. The molecule has 9 heavy (non-hydrogen) atoms. The first-order chi connectivity index (χ1) is 3.83. The first-order valence-corrected chi connectivity index (χ1v) is 2.55. The van der Waals surface area contributed by atoms with Gasteiger partial charge < -0.3 is 10.2 Å². The predicted molar refractivity (Wildman–Crippen MR) is 33.6 cm³/mol. The van der Waals surface area contributed by atoms with Crippen LogP contribution in [0.25, 0.3) is 0 Å². The normalized spacial score (nSPS) is 4.67. The van der Waals surface area contributed by atoms with Gasteiger partial charge in [0.2, 0.25) is 0 Å². The number of hydrogen-bond donors (Lipinski definition) is 3. The second-order valence-corrected chi connectivity index (χ2v) is 0.632. The predicted octanol–water partition coefficient (Wildman–Crippen LogP) is 0.127. The van der Waals surface area contributed by atoms with Crippen LogP contribution < -0.4 is 0 Å². The van der Waals surface area contributed by atoms with E-state index in [2.05, 4.69) is 11.9 Å². The van der Waals surface area contributed by atoms with Gasteiger partial charge >= 0.3 is 0 Å². The molecule has 0 aromatic carbocycles. The summed E-state index contributed by atoms with van der Waals surface area (Å²) in [6.45, 7) is 3.86. The third kappa shape index (κ3) is 702. The first-order valence-electron chi connectivity index (χ1n) is 2.22. The number of aliphatic hydroxyl groups is 2. The van der Waals surface area contributed by atoms with Crippen molar-refractivity contribution in [2.24, 2.45) is 0 Å². The third-order valence-corrected chi connectivity index (χ3v) is 0. The molecule has 3 nitrogen and oxygen atoms in total. The van der Waals surface area contributed by atoms with E-state index >= 15 is 0 Å². The number of rotatable bonds is 0. The first kappa shape index (κ1) is 22.6. The van der Waals surface area contributed by atoms with E-state index in [0.717, 1.165) is 0 Å². The molecule has 0 aromatic rings. The van der Waals surface area contributed by atoms with Crippen molar-refractivity contribution in [3.05, 3.63) is 0 Å². The fourth-order valence-corrected chi connectivity index (χ4v) is 0. The fraction of sp³-hybridized carbons (Fsp3) is 1.00. The van der Waals surface area contributed by atoms with Gasteiger partial charge in [-0.1, -0.05) is 0 Å². The molecule has 0 heterocycles. The zero-order valence-electron chi connectivity index (χ0n) is 5.58. The molecule has 0 aliphatic carbocycles. The molecule has 0 rings (SSSR count). The molecule has 0 bridgehead atoms. The van der Waals surface area contributed by atoms with E-state index in [4.69, 9.17) is 14.9 Å². The minimum Gasteiger partial charge on any atom is -0.397 e. The van der Waals surface area contributed by atoms with E-state index in [-0.39, 0.29) is 31.8 Å². The molecular weight excluding hydrogens is 182 g/mol. The molecule has 5 heteroatoms. The molecule has 0 saturated heterocycles. The summed E-state index contributed by atoms with van der Waals surface area (Å²) < 4.78 is 6.47. The smallest absolute Gasteiger partial charge is 0.0579 e. The summed E-state index contributed by atoms with van der Waals surface area (Å²) in [6.07, 6.45) is 0. The summed E-state index contributed by atoms with van der Waals surface area (Å²) in [5.74, 6) is 0. The van der Waals surface area contributed by atoms with Crippen LogP contribution in [0.15, 0.2) is 0 Å². The molecule has 3 N–H and O–H groups in total. The molecule has 59 valence electrons. The van der Waals surface area contributed by atoms with Crippen molar-refractivity contribution in [3.63, 3.8) is 0 Å². The largest absolute Gasteiger partial charge is 0.397 e. The summed E-state index contributed by atoms with van der Waals surface area (Å²) in [7, 11) is 0. The molecule has 0 spiro atoms. The van der Waals surface area contributed by atoms with Gasteiger partial charge in [0.25, 0.3) is 0 Å². The Kier molecular flexibility index (Phi) is 174. The molecule has 0 unspecified atom stereocenters. The maximum absolute atomic E-state index is 7.57. The molecule has 0 aliphatic rings. The Morgan fingerprint density at radius 2 is 1.00 bits per heavy atom. The summed E-state index contributed by atoms with van der Waals surface area (Å²) in [4.78, 5) is 0. The Bertz CT molecular complexity index is 17.8. The minimum absolute atomic E-state index is 0. The minimum atomic E-state index is 0. The van der Waals surface area contributed by atoms with E-state index in [0.29, 0.717) is 0 Å². The van der Waals surface area contributed by atoms with Gasteiger partial charge in [-0.25, -0.2) is 0 Å². The van der Waals surface area contributed by atoms with Gasteiger partial charge in [-0.2, -0.15) is 0 Å². The SMILES string of the molecule is CCO.CCO.OCl.[V]. The Hall–Kier alpha value is 0.754. The van der Waals surface area contributed by atoms with Crippen LogP contribution >= 0.6 is 11.9 Å². The van der Waals surface area contributed by atoms with Crippen LogP contribution in [0.3, 0.4) is 0 Å². The van der Waals surface area contributed by atoms with Crippen LogP contribution in [0.5, 0.6) is 0 Å². The van der Waals surface area contributed by atoms with Crippen molar-refractivity contribution in [2.45, 2.75) is 13.8 Å². The molecule has 1 radical (unpaired) electrons. The van der Waals surface area contributed by atoms with Crippen molar-refractivity contribution < 1.29 is 33.4 Å². The van der Waals surface area contributed by atoms with E-state index in [9.17, 15) is 0 Å². The van der Waals surface area contributed by atoms with Gasteiger partial charge in [0.05, 0.1) is 11.9 Å². The summed E-state index contributed by atoms with van der Waals surface area (Å²) >= 11 is 3.64. The topological polar surface area (TPSA) is 60.7 Å². The van der Waals surface area contributed by atoms with Gasteiger partial charge in [-0.05, 0) is 13.8 Å². The van der Waals surface area contributed by atoms with Gasteiger partial charge in [0, 0.05) is 31.8 Å². The molecule has 0 fully saturated rings. The Morgan fingerprint density at radius 3 is 1.00 bits per heavy atom. The molecule has 0 aromatic heterocycles. The summed E-state index contributed by atoms with van der Waals surface area (Å²) in [5.41, 5.74) is 0. The Morgan fingerprint density at radius 1 is 1.00 bits per heavy atom. The van der Waals surface area contributed by atoms with Crippen LogP contribution in [0.1, 0.15) is 13.8 Å². The molecule has 0 atom stereocenters. The number of halogens is 1. The van der Waals surface area contributed by atoms with E-state index in [1.54, 1.807) is 13.8 Å². The van der Waals surface area contributed by atoms with Crippen LogP contribution in [0.4, 0.5) is 0 Å². The van der Waals surface area contributed by atoms with Crippen molar-refractivity contribution in [3.8, 4) is 0 Å². The van der Waals surface area contributed by atoms with Crippen molar-refractivity contribution >= 4 is 11.9 Å². The third-order valence-electron chi connectivity index (χ3n) is 0. The standard InChI is InChI=1S/2C2H6O.ClHO.V/c2*1-2-3;1-2;/h2*3H,2H2,1H3;2H;. The van der Waals surface area contributed by atoms with Crippen LogP contribution in [-0.2, 0) is 18.6 Å². The average molecular weight is 196 g/mol. The van der Waals surface area contributed by atoms with Gasteiger partial charge in [0.1, 0.15) is 0 Å². The van der Waals surface area contributed by atoms with Gasteiger partial charge in [0.15, 0.2) is 0 Å². The Balaban J connectivity index is -0.0000000202. The average Bonchev–Trinajstić information content (AvgIpc) is 1.75. The maximum Gasteiger partial charge on any atom is 0.0579 e. The second kappa shape index (κ2) is 69.4. The van der Waals surface area contributed by atoms with Gasteiger partial charge in [-0.3, -0.25) is 4.66 Å². The number of hydrogen-bond acceptors (Lipinski definition) is 3. The number of aliphatic hydroxyl groups excluding tert-OH is 2. The molecule has 0 saturated carbocycles. The maximum atomic E-state index is 7.57. The zero-order chi connectivity index (χ0) is 7.41. The van der Waals surface area contributed by atoms with Crippen molar-refractivity contribution in [2.75, 3.05) is 13.2 Å². The quantitative estimate of drug-likeness (QED) is 0.515. The van der Waals surface area contributed by atoms with E-state index < -0.39 is 0 Å². The molecule has 0 amide bonds. The Labute approximate surface area is 72.7 Å². The van der Waals surface area contributed by atoms with E-state index in [1.807, 2.05) is 0 Å². The van der Waals surface area contributed by atoms with Crippen molar-refractivity contribution in [1.29, 1.82) is 0 Å². The second-order valence-electron chi connectivity index (χ2n) is 0.632. The van der Waals surface area contributed by atoms with Crippen LogP contribution in [0, 0.1) is 0 Å². The molecular formula is C4H13ClO3V. The summed E-state index contributed by atoms with van der Waals surface area (Å²) in [6, 6.07) is 0. The van der Waals surface area contributed by atoms with Crippen LogP contribution in [-0.4, -0.2) is 28.1 Å². The zero-order valence-corrected chi connectivity index (χ0v) is 7.73. The van der Waals surface area contributed by atoms with Gasteiger partial charge in [-0.15, -0.1) is 0 Å².